The summed E-state index contributed by atoms with van der Waals surface area (Å²) in [4.78, 5) is 11.4. The van der Waals surface area contributed by atoms with E-state index in [1.54, 1.807) is 0 Å². The van der Waals surface area contributed by atoms with Crippen molar-refractivity contribution in [2.24, 2.45) is 0 Å². The van der Waals surface area contributed by atoms with Gasteiger partial charge < -0.3 is 21.3 Å². The number of nitrogens with two attached hydrogens (primary N) is 1. The minimum absolute atomic E-state index is 0.0719. The summed E-state index contributed by atoms with van der Waals surface area (Å²) < 4.78 is 12.9. The van der Waals surface area contributed by atoms with E-state index >= 15 is 0 Å². The van der Waals surface area contributed by atoms with E-state index in [1.807, 2.05) is 0 Å². The summed E-state index contributed by atoms with van der Waals surface area (Å²) in [5.41, 5.74) is 5.59. The molecule has 6 heteroatoms. The molecule has 1 unspecified atom stereocenters. The molecule has 0 aliphatic carbocycles. The first-order chi connectivity index (χ1) is 7.52. The highest BCUT2D eigenvalue weighted by molar-refractivity contribution is 5.95. The highest BCUT2D eigenvalue weighted by atomic mass is 19.1. The first-order valence-corrected chi connectivity index (χ1v) is 4.66. The zero-order chi connectivity index (χ0) is 12.1. The second-order valence-electron chi connectivity index (χ2n) is 3.32. The third kappa shape index (κ3) is 3.48. The minimum atomic E-state index is -1.03. The molecule has 0 bridgehead atoms. The number of aliphatic hydroxyl groups is 2. The van der Waals surface area contributed by atoms with Crippen molar-refractivity contribution in [3.8, 4) is 0 Å². The van der Waals surface area contributed by atoms with Crippen molar-refractivity contribution in [1.29, 1.82) is 0 Å². The molecule has 0 fully saturated rings. The first kappa shape index (κ1) is 12.4. The average molecular weight is 228 g/mol. The lowest BCUT2D eigenvalue weighted by atomic mass is 10.2. The quantitative estimate of drug-likeness (QED) is 0.522. The Balaban J connectivity index is 2.66. The molecule has 0 aliphatic rings. The molecule has 1 atom stereocenters. The number of nitrogens with one attached hydrogen (secondary N) is 1. The third-order valence-electron chi connectivity index (χ3n) is 1.89. The minimum Gasteiger partial charge on any atom is -0.399 e. The molecule has 0 saturated heterocycles. The number of benzene rings is 1. The zero-order valence-electron chi connectivity index (χ0n) is 8.48. The van der Waals surface area contributed by atoms with Crippen molar-refractivity contribution in [3.63, 3.8) is 0 Å². The maximum absolute atomic E-state index is 12.9. The molecule has 1 aromatic rings. The Bertz CT molecular complexity index is 364. The fraction of sp³-hybridized carbons (Fsp3) is 0.300. The van der Waals surface area contributed by atoms with Gasteiger partial charge in [-0.2, -0.15) is 0 Å². The van der Waals surface area contributed by atoms with Crippen LogP contribution >= 0.6 is 0 Å². The summed E-state index contributed by atoms with van der Waals surface area (Å²) in [6.07, 6.45) is -1.03. The van der Waals surface area contributed by atoms with E-state index < -0.39 is 24.4 Å². The van der Waals surface area contributed by atoms with Gasteiger partial charge in [-0.1, -0.05) is 0 Å². The summed E-state index contributed by atoms with van der Waals surface area (Å²) in [5.74, 6) is -1.16. The third-order valence-corrected chi connectivity index (χ3v) is 1.89. The Labute approximate surface area is 91.7 Å². The molecule has 88 valence electrons. The van der Waals surface area contributed by atoms with Crippen LogP contribution in [0.15, 0.2) is 18.2 Å². The van der Waals surface area contributed by atoms with Gasteiger partial charge in [0.25, 0.3) is 5.91 Å². The Morgan fingerprint density at radius 2 is 2.19 bits per heavy atom. The molecule has 0 radical (unpaired) electrons. The predicted molar refractivity (Wildman–Crippen MR) is 56.2 cm³/mol. The maximum atomic E-state index is 12.9. The molecule has 0 spiro atoms. The number of anilines is 1. The monoisotopic (exact) mass is 228 g/mol. The molecular weight excluding hydrogens is 215 g/mol. The van der Waals surface area contributed by atoms with Gasteiger partial charge in [0.1, 0.15) is 5.82 Å². The van der Waals surface area contributed by atoms with E-state index in [2.05, 4.69) is 5.32 Å². The molecule has 0 aliphatic heterocycles. The van der Waals surface area contributed by atoms with Gasteiger partial charge in [-0.05, 0) is 18.2 Å². The molecule has 1 rings (SSSR count). The van der Waals surface area contributed by atoms with Gasteiger partial charge in [-0.25, -0.2) is 4.39 Å². The largest absolute Gasteiger partial charge is 0.399 e. The fourth-order valence-electron chi connectivity index (χ4n) is 1.12. The van der Waals surface area contributed by atoms with Crippen LogP contribution in [0.3, 0.4) is 0 Å². The van der Waals surface area contributed by atoms with Gasteiger partial charge in [0.05, 0.1) is 12.7 Å². The summed E-state index contributed by atoms with van der Waals surface area (Å²) in [6, 6.07) is 3.46. The summed E-state index contributed by atoms with van der Waals surface area (Å²) in [7, 11) is 0. The molecule has 1 aromatic carbocycles. The Kier molecular flexibility index (Phi) is 4.21. The number of carbonyl (C=O) groups is 1. The van der Waals surface area contributed by atoms with Gasteiger partial charge in [0, 0.05) is 17.8 Å². The van der Waals surface area contributed by atoms with Crippen LogP contribution in [-0.2, 0) is 0 Å². The topological polar surface area (TPSA) is 95.6 Å². The fourth-order valence-corrected chi connectivity index (χ4v) is 1.12. The lowest BCUT2D eigenvalue weighted by Gasteiger charge is -2.09. The molecule has 5 N–H and O–H groups in total. The van der Waals surface area contributed by atoms with Crippen molar-refractivity contribution in [2.45, 2.75) is 6.10 Å². The van der Waals surface area contributed by atoms with Crippen molar-refractivity contribution < 1.29 is 19.4 Å². The standard InChI is InChI=1S/C10H13FN2O3/c11-7-1-6(2-8(12)3-7)10(16)13-4-9(15)5-14/h1-3,9,14-15H,4-5,12H2,(H,13,16). The maximum Gasteiger partial charge on any atom is 0.251 e. The second kappa shape index (κ2) is 5.43. The number of amides is 1. The van der Waals surface area contributed by atoms with E-state index in [4.69, 9.17) is 15.9 Å². The summed E-state index contributed by atoms with van der Waals surface area (Å²) in [6.45, 7) is -0.558. The molecule has 16 heavy (non-hydrogen) atoms. The number of nitrogen functional groups attached to an aromatic ring is 1. The summed E-state index contributed by atoms with van der Waals surface area (Å²) >= 11 is 0. The molecule has 1 amide bonds. The predicted octanol–water partition coefficient (Wildman–Crippen LogP) is -0.509. The molecule has 0 heterocycles. The van der Waals surface area contributed by atoms with Gasteiger partial charge in [-0.3, -0.25) is 4.79 Å². The van der Waals surface area contributed by atoms with Crippen LogP contribution in [0.4, 0.5) is 10.1 Å². The van der Waals surface area contributed by atoms with Gasteiger partial charge in [0.15, 0.2) is 0 Å². The molecule has 0 aromatic heterocycles. The van der Waals surface area contributed by atoms with E-state index in [0.717, 1.165) is 12.1 Å². The van der Waals surface area contributed by atoms with Crippen LogP contribution in [-0.4, -0.2) is 35.4 Å². The van der Waals surface area contributed by atoms with E-state index in [9.17, 15) is 9.18 Å². The lowest BCUT2D eigenvalue weighted by molar-refractivity contribution is 0.0801. The zero-order valence-corrected chi connectivity index (χ0v) is 8.48. The van der Waals surface area contributed by atoms with Crippen molar-refractivity contribution in [3.05, 3.63) is 29.6 Å². The second-order valence-corrected chi connectivity index (χ2v) is 3.32. The highest BCUT2D eigenvalue weighted by Crippen LogP contribution is 2.10. The van der Waals surface area contributed by atoms with Crippen molar-refractivity contribution >= 4 is 11.6 Å². The normalized spacial score (nSPS) is 12.2. The Morgan fingerprint density at radius 1 is 1.50 bits per heavy atom. The van der Waals surface area contributed by atoms with Crippen LogP contribution in [0.2, 0.25) is 0 Å². The van der Waals surface area contributed by atoms with Crippen LogP contribution in [0, 0.1) is 5.82 Å². The summed E-state index contributed by atoms with van der Waals surface area (Å²) in [5, 5.41) is 19.9. The molecular formula is C10H13FN2O3. The van der Waals surface area contributed by atoms with E-state index in [1.165, 1.54) is 6.07 Å². The average Bonchev–Trinajstić information content (AvgIpc) is 2.23. The Morgan fingerprint density at radius 3 is 2.75 bits per heavy atom. The highest BCUT2D eigenvalue weighted by Gasteiger charge is 2.09. The number of hydrogen-bond acceptors (Lipinski definition) is 4. The first-order valence-electron chi connectivity index (χ1n) is 4.66. The molecule has 0 saturated carbocycles. The van der Waals surface area contributed by atoms with Crippen molar-refractivity contribution in [2.75, 3.05) is 18.9 Å². The van der Waals surface area contributed by atoms with Crippen molar-refractivity contribution in [1.82, 2.24) is 5.32 Å². The van der Waals surface area contributed by atoms with Crippen LogP contribution in [0.25, 0.3) is 0 Å². The number of aliphatic hydroxyl groups excluding tert-OH is 2. The number of halogens is 1. The number of rotatable bonds is 4. The van der Waals surface area contributed by atoms with E-state index in [0.29, 0.717) is 0 Å². The SMILES string of the molecule is Nc1cc(F)cc(C(=O)NCC(O)CO)c1. The van der Waals surface area contributed by atoms with Crippen LogP contribution in [0.1, 0.15) is 10.4 Å². The smallest absolute Gasteiger partial charge is 0.251 e. The van der Waals surface area contributed by atoms with Crippen LogP contribution in [0.5, 0.6) is 0 Å². The number of hydrogen-bond donors (Lipinski definition) is 4. The van der Waals surface area contributed by atoms with Gasteiger partial charge >= 0.3 is 0 Å². The number of carbonyl (C=O) groups excluding carboxylic acids is 1. The lowest BCUT2D eigenvalue weighted by Crippen LogP contribution is -2.33. The molecule has 5 nitrogen and oxygen atoms in total. The van der Waals surface area contributed by atoms with Gasteiger partial charge in [-0.15, -0.1) is 0 Å². The Hall–Kier alpha value is -1.66. The van der Waals surface area contributed by atoms with Gasteiger partial charge in [0.2, 0.25) is 0 Å². The van der Waals surface area contributed by atoms with Crippen LogP contribution < -0.4 is 11.1 Å². The van der Waals surface area contributed by atoms with E-state index in [-0.39, 0.29) is 17.8 Å².